The summed E-state index contributed by atoms with van der Waals surface area (Å²) in [6.07, 6.45) is 4.93. The van der Waals surface area contributed by atoms with Gasteiger partial charge < -0.3 is 10.0 Å². The van der Waals surface area contributed by atoms with E-state index < -0.39 is 5.60 Å². The van der Waals surface area contributed by atoms with Crippen LogP contribution in [0.1, 0.15) is 52.5 Å². The van der Waals surface area contributed by atoms with Gasteiger partial charge in [0.25, 0.3) is 0 Å². The molecule has 0 unspecified atom stereocenters. The zero-order valence-corrected chi connectivity index (χ0v) is 14.1. The fraction of sp³-hybridized carbons (Fsp3) is 0.867. The third kappa shape index (κ3) is 3.72. The summed E-state index contributed by atoms with van der Waals surface area (Å²) >= 11 is 1.62. The van der Waals surface area contributed by atoms with E-state index in [0.29, 0.717) is 11.8 Å². The average molecular weight is 310 g/mol. The molecule has 3 rings (SSSR count). The Bertz CT molecular complexity index is 484. The van der Waals surface area contributed by atoms with Crippen LogP contribution in [0.3, 0.4) is 0 Å². The van der Waals surface area contributed by atoms with E-state index in [1.54, 1.807) is 11.8 Å². The highest BCUT2D eigenvalue weighted by molar-refractivity contribution is 7.99. The zero-order chi connectivity index (χ0) is 15.0. The van der Waals surface area contributed by atoms with E-state index in [1.165, 1.54) is 25.7 Å². The predicted octanol–water partition coefficient (Wildman–Crippen LogP) is 2.71. The maximum absolute atomic E-state index is 9.92. The van der Waals surface area contributed by atoms with Crippen LogP contribution in [-0.4, -0.2) is 44.3 Å². The molecule has 1 saturated heterocycles. The Balaban J connectivity index is 1.76. The van der Waals surface area contributed by atoms with Crippen LogP contribution in [0.15, 0.2) is 5.16 Å². The second kappa shape index (κ2) is 5.80. The summed E-state index contributed by atoms with van der Waals surface area (Å²) in [5.41, 5.74) is -0.675. The number of rotatable bonds is 5. The van der Waals surface area contributed by atoms with Crippen LogP contribution in [0.25, 0.3) is 0 Å². The smallest absolute Gasteiger partial charge is 0.228 e. The van der Waals surface area contributed by atoms with Crippen LogP contribution in [-0.2, 0) is 0 Å². The van der Waals surface area contributed by atoms with Crippen molar-refractivity contribution in [3.63, 3.8) is 0 Å². The molecule has 1 aliphatic carbocycles. The average Bonchev–Trinajstić information content (AvgIpc) is 3.17. The van der Waals surface area contributed by atoms with E-state index in [9.17, 15) is 5.11 Å². The fourth-order valence-electron chi connectivity index (χ4n) is 2.69. The van der Waals surface area contributed by atoms with E-state index in [2.05, 4.69) is 26.6 Å². The van der Waals surface area contributed by atoms with Crippen molar-refractivity contribution < 1.29 is 5.11 Å². The minimum atomic E-state index is -0.675. The molecule has 2 aliphatic rings. The Kier molecular flexibility index (Phi) is 4.19. The standard InChI is InChI=1S/C15H26N4OS/c1-11-6-8-18(9-7-11)13-16-17-14(19(13)12-4-5-12)21-10-15(2,3)20/h11-12,20H,4-10H2,1-3H3. The van der Waals surface area contributed by atoms with Crippen LogP contribution in [0.5, 0.6) is 0 Å². The molecule has 5 nitrogen and oxygen atoms in total. The molecule has 2 heterocycles. The van der Waals surface area contributed by atoms with Crippen molar-refractivity contribution in [1.82, 2.24) is 14.8 Å². The van der Waals surface area contributed by atoms with Gasteiger partial charge >= 0.3 is 0 Å². The molecule has 1 N–H and O–H groups in total. The molecular formula is C15H26N4OS. The van der Waals surface area contributed by atoms with Crippen LogP contribution < -0.4 is 4.90 Å². The normalized spacial score (nSPS) is 21.0. The largest absolute Gasteiger partial charge is 0.390 e. The van der Waals surface area contributed by atoms with Gasteiger partial charge in [0.1, 0.15) is 0 Å². The molecule has 1 aliphatic heterocycles. The summed E-state index contributed by atoms with van der Waals surface area (Å²) in [5.74, 6) is 2.51. The lowest BCUT2D eigenvalue weighted by Gasteiger charge is -2.31. The highest BCUT2D eigenvalue weighted by Crippen LogP contribution is 2.41. The molecule has 2 fully saturated rings. The van der Waals surface area contributed by atoms with Crippen LogP contribution in [0.4, 0.5) is 5.95 Å². The van der Waals surface area contributed by atoms with Gasteiger partial charge in [0.2, 0.25) is 5.95 Å². The van der Waals surface area contributed by atoms with E-state index in [-0.39, 0.29) is 0 Å². The molecule has 6 heteroatoms. The molecule has 0 spiro atoms. The zero-order valence-electron chi connectivity index (χ0n) is 13.2. The van der Waals surface area contributed by atoms with Crippen molar-refractivity contribution in [3.8, 4) is 0 Å². The highest BCUT2D eigenvalue weighted by atomic mass is 32.2. The van der Waals surface area contributed by atoms with Gasteiger partial charge in [-0.25, -0.2) is 0 Å². The number of hydrogen-bond donors (Lipinski definition) is 1. The molecule has 0 amide bonds. The summed E-state index contributed by atoms with van der Waals surface area (Å²) in [5, 5.41) is 19.7. The lowest BCUT2D eigenvalue weighted by molar-refractivity contribution is 0.107. The van der Waals surface area contributed by atoms with Crippen molar-refractivity contribution >= 4 is 17.7 Å². The highest BCUT2D eigenvalue weighted by Gasteiger charge is 2.33. The molecule has 0 aromatic carbocycles. The third-order valence-electron chi connectivity index (χ3n) is 4.18. The Labute approximate surface area is 131 Å². The Morgan fingerprint density at radius 2 is 1.86 bits per heavy atom. The Morgan fingerprint density at radius 1 is 1.19 bits per heavy atom. The first-order valence-electron chi connectivity index (χ1n) is 7.99. The van der Waals surface area contributed by atoms with Crippen LogP contribution in [0, 0.1) is 5.92 Å². The number of nitrogens with zero attached hydrogens (tertiary/aromatic N) is 4. The molecule has 1 saturated carbocycles. The Morgan fingerprint density at radius 3 is 2.43 bits per heavy atom. The van der Waals surface area contributed by atoms with Gasteiger partial charge in [-0.1, -0.05) is 18.7 Å². The van der Waals surface area contributed by atoms with E-state index in [1.807, 2.05) is 13.8 Å². The van der Waals surface area contributed by atoms with Gasteiger partial charge in [0, 0.05) is 24.9 Å². The molecule has 1 aromatic rings. The van der Waals surface area contributed by atoms with Gasteiger partial charge in [0.15, 0.2) is 5.16 Å². The van der Waals surface area contributed by atoms with Crippen molar-refractivity contribution in [1.29, 1.82) is 0 Å². The lowest BCUT2D eigenvalue weighted by atomic mass is 10.00. The van der Waals surface area contributed by atoms with Crippen molar-refractivity contribution in [3.05, 3.63) is 0 Å². The summed E-state index contributed by atoms with van der Waals surface area (Å²) in [6.45, 7) is 8.17. The number of aromatic nitrogens is 3. The molecule has 118 valence electrons. The SMILES string of the molecule is CC1CCN(c2nnc(SCC(C)(C)O)n2C2CC2)CC1. The summed E-state index contributed by atoms with van der Waals surface area (Å²) in [4.78, 5) is 2.39. The third-order valence-corrected chi connectivity index (χ3v) is 5.57. The lowest BCUT2D eigenvalue weighted by Crippen LogP contribution is -2.34. The van der Waals surface area contributed by atoms with Gasteiger partial charge in [-0.05, 0) is 45.4 Å². The van der Waals surface area contributed by atoms with Crippen LogP contribution in [0.2, 0.25) is 0 Å². The summed E-state index contributed by atoms with van der Waals surface area (Å²) in [7, 11) is 0. The van der Waals surface area contributed by atoms with Crippen molar-refractivity contribution in [2.45, 2.75) is 63.3 Å². The van der Waals surface area contributed by atoms with E-state index in [4.69, 9.17) is 0 Å². The number of piperidine rings is 1. The predicted molar refractivity (Wildman–Crippen MR) is 85.9 cm³/mol. The second-order valence-corrected chi connectivity index (χ2v) is 8.10. The Hall–Kier alpha value is -0.750. The molecule has 21 heavy (non-hydrogen) atoms. The topological polar surface area (TPSA) is 54.2 Å². The van der Waals surface area contributed by atoms with Gasteiger partial charge in [-0.2, -0.15) is 0 Å². The molecule has 1 aromatic heterocycles. The maximum Gasteiger partial charge on any atom is 0.228 e. The first-order chi connectivity index (χ1) is 9.94. The summed E-state index contributed by atoms with van der Waals surface area (Å²) in [6, 6.07) is 0.568. The van der Waals surface area contributed by atoms with E-state index in [0.717, 1.165) is 30.1 Å². The number of thioether (sulfide) groups is 1. The minimum Gasteiger partial charge on any atom is -0.390 e. The first-order valence-corrected chi connectivity index (χ1v) is 8.97. The molecule has 0 atom stereocenters. The maximum atomic E-state index is 9.92. The minimum absolute atomic E-state index is 0.568. The first kappa shape index (κ1) is 15.2. The van der Waals surface area contributed by atoms with Gasteiger partial charge in [-0.15, -0.1) is 10.2 Å². The molecular weight excluding hydrogens is 284 g/mol. The number of hydrogen-bond acceptors (Lipinski definition) is 5. The van der Waals surface area contributed by atoms with Gasteiger partial charge in [0.05, 0.1) is 5.60 Å². The van der Waals surface area contributed by atoms with Crippen LogP contribution >= 0.6 is 11.8 Å². The van der Waals surface area contributed by atoms with E-state index >= 15 is 0 Å². The molecule has 0 bridgehead atoms. The number of anilines is 1. The van der Waals surface area contributed by atoms with Crippen molar-refractivity contribution in [2.75, 3.05) is 23.7 Å². The summed E-state index contributed by atoms with van der Waals surface area (Å²) < 4.78 is 2.31. The number of aliphatic hydroxyl groups is 1. The monoisotopic (exact) mass is 310 g/mol. The fourth-order valence-corrected chi connectivity index (χ4v) is 3.64. The quantitative estimate of drug-likeness (QED) is 0.848. The second-order valence-electron chi connectivity index (χ2n) is 7.15. The van der Waals surface area contributed by atoms with Crippen molar-refractivity contribution in [2.24, 2.45) is 5.92 Å². The van der Waals surface area contributed by atoms with Gasteiger partial charge in [-0.3, -0.25) is 4.57 Å². The molecule has 0 radical (unpaired) electrons.